The van der Waals surface area contributed by atoms with E-state index in [1.54, 1.807) is 22.9 Å². The summed E-state index contributed by atoms with van der Waals surface area (Å²) in [6.07, 6.45) is 5.51. The maximum atomic E-state index is 13.3. The van der Waals surface area contributed by atoms with Crippen molar-refractivity contribution in [1.82, 2.24) is 19.8 Å². The number of rotatable bonds is 8. The monoisotopic (exact) mass is 522 g/mol. The topological polar surface area (TPSA) is 66.8 Å². The van der Waals surface area contributed by atoms with Crippen molar-refractivity contribution < 1.29 is 14.4 Å². The number of carbonyl (C=O) groups is 2. The highest BCUT2D eigenvalue weighted by Gasteiger charge is 2.26. The third-order valence-electron chi connectivity index (χ3n) is 7.27. The van der Waals surface area contributed by atoms with E-state index in [-0.39, 0.29) is 24.6 Å². The number of nitrogens with one attached hydrogen (secondary N) is 1. The first-order valence-corrected chi connectivity index (χ1v) is 13.3. The molecule has 0 aliphatic carbocycles. The second kappa shape index (κ2) is 12.6. The summed E-state index contributed by atoms with van der Waals surface area (Å²) in [6.45, 7) is 3.18. The molecule has 0 unspecified atom stereocenters. The SMILES string of the molecule is CN(C(=O)n1ccc(-c2cccc(C(=O)NOCc3ccccc3)c2)c1)C1CCN(Cc2ccccc2)CC1. The minimum absolute atomic E-state index is 0.0500. The van der Waals surface area contributed by atoms with Gasteiger partial charge < -0.3 is 4.90 Å². The summed E-state index contributed by atoms with van der Waals surface area (Å²) >= 11 is 0. The van der Waals surface area contributed by atoms with Crippen LogP contribution in [0, 0.1) is 0 Å². The van der Waals surface area contributed by atoms with Crippen molar-refractivity contribution in [3.8, 4) is 11.1 Å². The van der Waals surface area contributed by atoms with Crippen LogP contribution in [0.15, 0.2) is 103 Å². The average Bonchev–Trinajstić information content (AvgIpc) is 3.48. The molecule has 0 spiro atoms. The molecule has 1 aliphatic heterocycles. The Morgan fingerprint density at radius 3 is 2.28 bits per heavy atom. The number of piperidine rings is 1. The largest absolute Gasteiger partial charge is 0.328 e. The van der Waals surface area contributed by atoms with Crippen LogP contribution < -0.4 is 5.48 Å². The number of amides is 2. The Hall–Kier alpha value is -4.20. The molecule has 39 heavy (non-hydrogen) atoms. The fraction of sp³-hybridized carbons (Fsp3) is 0.250. The summed E-state index contributed by atoms with van der Waals surface area (Å²) in [5.74, 6) is -0.318. The number of aromatic nitrogens is 1. The zero-order valence-corrected chi connectivity index (χ0v) is 22.2. The molecule has 0 saturated carbocycles. The smallest absolute Gasteiger partial charge is 0.324 e. The van der Waals surface area contributed by atoms with Crippen LogP contribution in [0.4, 0.5) is 4.79 Å². The van der Waals surface area contributed by atoms with Gasteiger partial charge in [0.05, 0.1) is 6.61 Å². The van der Waals surface area contributed by atoms with E-state index in [0.29, 0.717) is 5.56 Å². The quantitative estimate of drug-likeness (QED) is 0.307. The van der Waals surface area contributed by atoms with E-state index in [1.165, 1.54) is 5.56 Å². The lowest BCUT2D eigenvalue weighted by Crippen LogP contribution is -2.46. The summed E-state index contributed by atoms with van der Waals surface area (Å²) in [5, 5.41) is 0. The first kappa shape index (κ1) is 26.4. The van der Waals surface area contributed by atoms with E-state index in [1.807, 2.05) is 72.7 Å². The summed E-state index contributed by atoms with van der Waals surface area (Å²) in [5.41, 5.74) is 7.01. The molecule has 1 aliphatic rings. The molecule has 1 saturated heterocycles. The minimum atomic E-state index is -0.318. The van der Waals surface area contributed by atoms with Crippen molar-refractivity contribution >= 4 is 11.9 Å². The maximum absolute atomic E-state index is 13.3. The molecule has 7 heteroatoms. The summed E-state index contributed by atoms with van der Waals surface area (Å²) in [6, 6.07) is 29.5. The fourth-order valence-electron chi connectivity index (χ4n) is 4.99. The highest BCUT2D eigenvalue weighted by Crippen LogP contribution is 2.23. The van der Waals surface area contributed by atoms with E-state index in [9.17, 15) is 9.59 Å². The Balaban J connectivity index is 1.15. The molecule has 1 aromatic heterocycles. The molecular formula is C32H34N4O3. The Morgan fingerprint density at radius 2 is 1.56 bits per heavy atom. The Bertz CT molecular complexity index is 1380. The zero-order valence-electron chi connectivity index (χ0n) is 22.2. The van der Waals surface area contributed by atoms with Crippen molar-refractivity contribution in [3.63, 3.8) is 0 Å². The normalized spacial score (nSPS) is 14.2. The second-order valence-corrected chi connectivity index (χ2v) is 9.98. The Kier molecular flexibility index (Phi) is 8.51. The average molecular weight is 523 g/mol. The number of carbonyl (C=O) groups excluding carboxylic acids is 2. The van der Waals surface area contributed by atoms with E-state index in [0.717, 1.165) is 49.2 Å². The molecule has 1 N–H and O–H groups in total. The molecular weight excluding hydrogens is 488 g/mol. The van der Waals surface area contributed by atoms with Crippen LogP contribution in [0.2, 0.25) is 0 Å². The van der Waals surface area contributed by atoms with Crippen molar-refractivity contribution in [3.05, 3.63) is 120 Å². The molecule has 0 radical (unpaired) electrons. The number of likely N-dealkylation sites (tertiary alicyclic amines) is 1. The molecule has 2 amide bonds. The molecule has 2 heterocycles. The van der Waals surface area contributed by atoms with Crippen LogP contribution in [0.3, 0.4) is 0 Å². The standard InChI is InChI=1S/C32H34N4O3/c1-34(30-16-18-35(19-17-30)22-25-9-4-2-5-10-25)32(38)36-20-15-29(23-36)27-13-8-14-28(21-27)31(37)33-39-24-26-11-6-3-7-12-26/h2-15,20-21,23,30H,16-19,22,24H2,1H3,(H,33,37). The van der Waals surface area contributed by atoms with Gasteiger partial charge in [0.2, 0.25) is 0 Å². The molecule has 7 nitrogen and oxygen atoms in total. The van der Waals surface area contributed by atoms with Crippen molar-refractivity contribution in [2.24, 2.45) is 0 Å². The van der Waals surface area contributed by atoms with Gasteiger partial charge in [-0.25, -0.2) is 10.3 Å². The third kappa shape index (κ3) is 6.82. The molecule has 5 rings (SSSR count). The van der Waals surface area contributed by atoms with Crippen LogP contribution in [0.1, 0.15) is 34.3 Å². The summed E-state index contributed by atoms with van der Waals surface area (Å²) in [7, 11) is 1.89. The van der Waals surface area contributed by atoms with E-state index in [2.05, 4.69) is 34.6 Å². The van der Waals surface area contributed by atoms with Gasteiger partial charge in [0.15, 0.2) is 0 Å². The van der Waals surface area contributed by atoms with Crippen LogP contribution in [-0.4, -0.2) is 52.5 Å². The van der Waals surface area contributed by atoms with Crippen LogP contribution in [0.25, 0.3) is 11.1 Å². The molecule has 4 aromatic rings. The lowest BCUT2D eigenvalue weighted by molar-refractivity contribution is 0.0233. The number of hydroxylamine groups is 1. The molecule has 3 aromatic carbocycles. The Morgan fingerprint density at radius 1 is 0.872 bits per heavy atom. The lowest BCUT2D eigenvalue weighted by atomic mass is 10.0. The van der Waals surface area contributed by atoms with Gasteiger partial charge in [0.25, 0.3) is 5.91 Å². The van der Waals surface area contributed by atoms with Gasteiger partial charge in [-0.2, -0.15) is 0 Å². The zero-order chi connectivity index (χ0) is 27.0. The van der Waals surface area contributed by atoms with Crippen molar-refractivity contribution in [2.45, 2.75) is 32.0 Å². The first-order valence-electron chi connectivity index (χ1n) is 13.3. The minimum Gasteiger partial charge on any atom is -0.324 e. The molecule has 0 bridgehead atoms. The predicted molar refractivity (Wildman–Crippen MR) is 152 cm³/mol. The van der Waals surface area contributed by atoms with Crippen LogP contribution >= 0.6 is 0 Å². The highest BCUT2D eigenvalue weighted by atomic mass is 16.6. The van der Waals surface area contributed by atoms with Gasteiger partial charge in [-0.15, -0.1) is 0 Å². The molecule has 0 atom stereocenters. The van der Waals surface area contributed by atoms with Gasteiger partial charge in [-0.05, 0) is 53.3 Å². The van der Waals surface area contributed by atoms with Crippen molar-refractivity contribution in [2.75, 3.05) is 20.1 Å². The lowest BCUT2D eigenvalue weighted by Gasteiger charge is -2.36. The number of hydrogen-bond acceptors (Lipinski definition) is 4. The van der Waals surface area contributed by atoms with Gasteiger partial charge in [0.1, 0.15) is 0 Å². The highest BCUT2D eigenvalue weighted by molar-refractivity contribution is 5.94. The van der Waals surface area contributed by atoms with Gasteiger partial charge in [-0.3, -0.25) is 19.1 Å². The van der Waals surface area contributed by atoms with Crippen molar-refractivity contribution in [1.29, 1.82) is 0 Å². The summed E-state index contributed by atoms with van der Waals surface area (Å²) in [4.78, 5) is 35.6. The fourth-order valence-corrected chi connectivity index (χ4v) is 4.99. The van der Waals surface area contributed by atoms with Crippen LogP contribution in [0.5, 0.6) is 0 Å². The molecule has 200 valence electrons. The molecule has 1 fully saturated rings. The van der Waals surface area contributed by atoms with Gasteiger partial charge >= 0.3 is 6.03 Å². The third-order valence-corrected chi connectivity index (χ3v) is 7.27. The maximum Gasteiger partial charge on any atom is 0.328 e. The predicted octanol–water partition coefficient (Wildman–Crippen LogP) is 5.58. The van der Waals surface area contributed by atoms with E-state index >= 15 is 0 Å². The van der Waals surface area contributed by atoms with Crippen LogP contribution in [-0.2, 0) is 18.0 Å². The summed E-state index contributed by atoms with van der Waals surface area (Å²) < 4.78 is 1.63. The number of hydrogen-bond donors (Lipinski definition) is 1. The first-order chi connectivity index (χ1) is 19.1. The Labute approximate surface area is 229 Å². The van der Waals surface area contributed by atoms with E-state index < -0.39 is 0 Å². The van der Waals surface area contributed by atoms with Gasteiger partial charge in [-0.1, -0.05) is 72.8 Å². The second-order valence-electron chi connectivity index (χ2n) is 9.98. The number of nitrogens with zero attached hydrogens (tertiary/aromatic N) is 3. The van der Waals surface area contributed by atoms with Gasteiger partial charge in [0, 0.05) is 50.7 Å². The van der Waals surface area contributed by atoms with E-state index in [4.69, 9.17) is 4.84 Å². The number of benzene rings is 3.